The zero-order valence-corrected chi connectivity index (χ0v) is 16.1. The van der Waals surface area contributed by atoms with Crippen molar-refractivity contribution in [1.82, 2.24) is 20.6 Å². The molecule has 134 valence electrons. The Kier molecular flexibility index (Phi) is 6.09. The van der Waals surface area contributed by atoms with Crippen molar-refractivity contribution < 1.29 is 0 Å². The molecule has 2 aromatic heterocycles. The lowest BCUT2D eigenvalue weighted by Crippen LogP contribution is -2.44. The van der Waals surface area contributed by atoms with Gasteiger partial charge in [-0.15, -0.1) is 11.3 Å². The molecule has 0 bridgehead atoms. The predicted molar refractivity (Wildman–Crippen MR) is 105 cm³/mol. The van der Waals surface area contributed by atoms with E-state index in [-0.39, 0.29) is 0 Å². The Hall–Kier alpha value is -1.86. The minimum Gasteiger partial charge on any atom is -0.353 e. The number of hydrogen-bond acceptors (Lipinski definition) is 5. The van der Waals surface area contributed by atoms with Gasteiger partial charge in [0, 0.05) is 43.4 Å². The van der Waals surface area contributed by atoms with Gasteiger partial charge < -0.3 is 15.5 Å². The maximum absolute atomic E-state index is 6.25. The van der Waals surface area contributed by atoms with Gasteiger partial charge in [-0.1, -0.05) is 18.5 Å². The fourth-order valence-electron chi connectivity index (χ4n) is 2.82. The Morgan fingerprint density at radius 2 is 2.36 bits per heavy atom. The lowest BCUT2D eigenvalue weighted by molar-refractivity contribution is 0.648. The molecule has 0 amide bonds. The van der Waals surface area contributed by atoms with E-state index in [1.54, 1.807) is 24.6 Å². The summed E-state index contributed by atoms with van der Waals surface area (Å²) in [7, 11) is 1.79. The highest BCUT2D eigenvalue weighted by atomic mass is 35.5. The molecule has 0 saturated carbocycles. The van der Waals surface area contributed by atoms with Gasteiger partial charge in [0.15, 0.2) is 5.96 Å². The summed E-state index contributed by atoms with van der Waals surface area (Å²) in [5.41, 5.74) is 0. The number of rotatable bonds is 5. The van der Waals surface area contributed by atoms with Crippen LogP contribution in [0, 0.1) is 0 Å². The minimum absolute atomic E-state index is 0.312. The molecule has 1 aliphatic rings. The molecule has 1 unspecified atom stereocenters. The smallest absolute Gasteiger partial charge is 0.191 e. The lowest BCUT2D eigenvalue weighted by Gasteiger charge is -2.20. The number of nitrogens with zero attached hydrogens (tertiary/aromatic N) is 4. The number of aliphatic imine (C=N–C) groups is 1. The quantitative estimate of drug-likeness (QED) is 0.618. The van der Waals surface area contributed by atoms with Crippen molar-refractivity contribution in [3.8, 4) is 0 Å². The first-order valence-electron chi connectivity index (χ1n) is 8.45. The Balaban J connectivity index is 1.52. The number of thiazole rings is 1. The molecule has 1 saturated heterocycles. The largest absolute Gasteiger partial charge is 0.353 e. The van der Waals surface area contributed by atoms with Crippen LogP contribution in [0.15, 0.2) is 29.5 Å². The average Bonchev–Trinajstić information content (AvgIpc) is 3.28. The van der Waals surface area contributed by atoms with E-state index >= 15 is 0 Å². The number of nitrogens with one attached hydrogen (secondary N) is 2. The summed E-state index contributed by atoms with van der Waals surface area (Å²) in [4.78, 5) is 16.7. The van der Waals surface area contributed by atoms with Crippen LogP contribution >= 0.6 is 22.9 Å². The summed E-state index contributed by atoms with van der Waals surface area (Å²) in [6.07, 6.45) is 5.77. The highest BCUT2D eigenvalue weighted by Gasteiger charge is 2.25. The number of pyridine rings is 1. The molecule has 2 aromatic rings. The Bertz CT molecular complexity index is 731. The molecule has 3 rings (SSSR count). The van der Waals surface area contributed by atoms with Crippen molar-refractivity contribution in [3.63, 3.8) is 0 Å². The predicted octanol–water partition coefficient (Wildman–Crippen LogP) is 2.70. The zero-order valence-electron chi connectivity index (χ0n) is 14.5. The molecule has 8 heteroatoms. The molecule has 2 N–H and O–H groups in total. The van der Waals surface area contributed by atoms with E-state index in [2.05, 4.69) is 37.4 Å². The van der Waals surface area contributed by atoms with Crippen LogP contribution in [0.5, 0.6) is 0 Å². The molecular formula is C17H23ClN6S. The van der Waals surface area contributed by atoms with Gasteiger partial charge in [0.05, 0.1) is 11.6 Å². The second kappa shape index (κ2) is 8.49. The molecule has 0 spiro atoms. The average molecular weight is 379 g/mol. The van der Waals surface area contributed by atoms with Crippen LogP contribution in [0.2, 0.25) is 5.02 Å². The minimum atomic E-state index is 0.312. The first-order valence-corrected chi connectivity index (χ1v) is 9.65. The van der Waals surface area contributed by atoms with Crippen molar-refractivity contribution in [2.75, 3.05) is 25.0 Å². The van der Waals surface area contributed by atoms with Crippen molar-refractivity contribution >= 4 is 34.7 Å². The number of hydrogen-bond donors (Lipinski definition) is 2. The number of aryl methyl sites for hydroxylation is 1. The van der Waals surface area contributed by atoms with Gasteiger partial charge in [-0.25, -0.2) is 9.97 Å². The van der Waals surface area contributed by atoms with E-state index in [4.69, 9.17) is 11.6 Å². The first kappa shape index (κ1) is 17.9. The van der Waals surface area contributed by atoms with Crippen molar-refractivity contribution in [3.05, 3.63) is 39.4 Å². The molecule has 3 heterocycles. The van der Waals surface area contributed by atoms with Crippen LogP contribution in [0.25, 0.3) is 0 Å². The van der Waals surface area contributed by atoms with Crippen molar-refractivity contribution in [1.29, 1.82) is 0 Å². The third-order valence-corrected chi connectivity index (χ3v) is 5.58. The summed E-state index contributed by atoms with van der Waals surface area (Å²) in [5, 5.41) is 8.59. The fraction of sp³-hybridized carbons (Fsp3) is 0.471. The zero-order chi connectivity index (χ0) is 17.6. The molecule has 0 radical (unpaired) electrons. The second-order valence-corrected chi connectivity index (χ2v) is 7.49. The summed E-state index contributed by atoms with van der Waals surface area (Å²) < 4.78 is 0. The number of guanidine groups is 1. The van der Waals surface area contributed by atoms with Gasteiger partial charge in [0.1, 0.15) is 10.8 Å². The van der Waals surface area contributed by atoms with Crippen LogP contribution < -0.4 is 15.5 Å². The molecule has 1 fully saturated rings. The molecular weight excluding hydrogens is 356 g/mol. The maximum Gasteiger partial charge on any atom is 0.191 e. The van der Waals surface area contributed by atoms with Gasteiger partial charge in [0.2, 0.25) is 0 Å². The summed E-state index contributed by atoms with van der Waals surface area (Å²) in [6, 6.07) is 4.04. The van der Waals surface area contributed by atoms with E-state index in [1.807, 2.05) is 18.3 Å². The summed E-state index contributed by atoms with van der Waals surface area (Å²) >= 11 is 7.99. The number of halogens is 1. The summed E-state index contributed by atoms with van der Waals surface area (Å²) in [5.74, 6) is 1.65. The van der Waals surface area contributed by atoms with E-state index in [9.17, 15) is 0 Å². The van der Waals surface area contributed by atoms with E-state index in [0.29, 0.717) is 17.6 Å². The van der Waals surface area contributed by atoms with Gasteiger partial charge in [0.25, 0.3) is 0 Å². The molecule has 0 aromatic carbocycles. The van der Waals surface area contributed by atoms with E-state index < -0.39 is 0 Å². The first-order chi connectivity index (χ1) is 12.2. The van der Waals surface area contributed by atoms with E-state index in [1.165, 1.54) is 4.88 Å². The second-order valence-electron chi connectivity index (χ2n) is 5.88. The highest BCUT2D eigenvalue weighted by Crippen LogP contribution is 2.25. The molecule has 1 atom stereocenters. The molecule has 1 aliphatic heterocycles. The Morgan fingerprint density at radius 3 is 3.08 bits per heavy atom. The molecule has 25 heavy (non-hydrogen) atoms. The topological polar surface area (TPSA) is 65.4 Å². The molecule has 6 nitrogen and oxygen atoms in total. The SMILES string of the molecule is CCc1cnc(CNC(=NC)NC2CCN(c3ncccc3Cl)C2)s1. The van der Waals surface area contributed by atoms with Gasteiger partial charge in [-0.2, -0.15) is 0 Å². The third kappa shape index (κ3) is 4.61. The van der Waals surface area contributed by atoms with Gasteiger partial charge in [-0.05, 0) is 25.0 Å². The van der Waals surface area contributed by atoms with E-state index in [0.717, 1.165) is 42.7 Å². The third-order valence-electron chi connectivity index (χ3n) is 4.15. The van der Waals surface area contributed by atoms with Crippen LogP contribution in [-0.2, 0) is 13.0 Å². The highest BCUT2D eigenvalue weighted by molar-refractivity contribution is 7.11. The standard InChI is InChI=1S/C17H23ClN6S/c1-3-13-9-21-15(25-13)10-22-17(19-2)23-12-6-8-24(11-12)16-14(18)5-4-7-20-16/h4-5,7,9,12H,3,6,8,10-11H2,1-2H3,(H2,19,22,23). The van der Waals surface area contributed by atoms with Crippen LogP contribution in [0.3, 0.4) is 0 Å². The van der Waals surface area contributed by atoms with Crippen molar-refractivity contribution in [2.45, 2.75) is 32.4 Å². The van der Waals surface area contributed by atoms with Crippen molar-refractivity contribution in [2.24, 2.45) is 4.99 Å². The van der Waals surface area contributed by atoms with Crippen LogP contribution in [0.4, 0.5) is 5.82 Å². The maximum atomic E-state index is 6.25. The summed E-state index contributed by atoms with van der Waals surface area (Å²) in [6.45, 7) is 4.62. The van der Waals surface area contributed by atoms with Crippen LogP contribution in [0.1, 0.15) is 23.2 Å². The lowest BCUT2D eigenvalue weighted by atomic mass is 10.3. The Morgan fingerprint density at radius 1 is 1.48 bits per heavy atom. The molecule has 0 aliphatic carbocycles. The fourth-order valence-corrected chi connectivity index (χ4v) is 3.86. The normalized spacial score (nSPS) is 17.8. The monoisotopic (exact) mass is 378 g/mol. The van der Waals surface area contributed by atoms with Gasteiger partial charge >= 0.3 is 0 Å². The van der Waals surface area contributed by atoms with Gasteiger partial charge in [-0.3, -0.25) is 4.99 Å². The Labute approximate surface area is 157 Å². The number of aromatic nitrogens is 2. The number of anilines is 1. The van der Waals surface area contributed by atoms with Crippen LogP contribution in [-0.4, -0.2) is 42.1 Å².